The number of benzene rings is 2. The van der Waals surface area contributed by atoms with Gasteiger partial charge >= 0.3 is 0 Å². The average molecular weight is 604 g/mol. The van der Waals surface area contributed by atoms with E-state index in [1.54, 1.807) is 17.0 Å². The summed E-state index contributed by atoms with van der Waals surface area (Å²) >= 11 is 6.32. The van der Waals surface area contributed by atoms with Crippen LogP contribution in [0.1, 0.15) is 57.6 Å². The zero-order chi connectivity index (χ0) is 30.5. The number of hydrogen-bond donors (Lipinski definition) is 2. The molecule has 3 heterocycles. The van der Waals surface area contributed by atoms with Crippen molar-refractivity contribution in [1.82, 2.24) is 10.2 Å². The minimum absolute atomic E-state index is 0.0382. The molecule has 0 unspecified atom stereocenters. The van der Waals surface area contributed by atoms with Crippen molar-refractivity contribution in [3.05, 3.63) is 76.8 Å². The van der Waals surface area contributed by atoms with Gasteiger partial charge in [-0.05, 0) is 68.2 Å². The van der Waals surface area contributed by atoms with Crippen molar-refractivity contribution in [3.63, 3.8) is 0 Å². The van der Waals surface area contributed by atoms with Crippen LogP contribution in [0.3, 0.4) is 0 Å². The predicted molar refractivity (Wildman–Crippen MR) is 168 cm³/mol. The molecule has 7 nitrogen and oxygen atoms in total. The molecule has 8 heteroatoms. The van der Waals surface area contributed by atoms with E-state index in [9.17, 15) is 14.4 Å². The summed E-state index contributed by atoms with van der Waals surface area (Å²) in [4.78, 5) is 44.3. The Morgan fingerprint density at radius 1 is 1.12 bits per heavy atom. The van der Waals surface area contributed by atoms with Gasteiger partial charge in [-0.1, -0.05) is 86.8 Å². The van der Waals surface area contributed by atoms with Crippen LogP contribution in [0.4, 0.5) is 5.69 Å². The molecule has 2 aromatic carbocycles. The highest BCUT2D eigenvalue weighted by molar-refractivity contribution is 6.31. The molecular weight excluding hydrogens is 562 g/mol. The summed E-state index contributed by atoms with van der Waals surface area (Å²) in [6.07, 6.45) is 7.75. The Morgan fingerprint density at radius 3 is 2.63 bits per heavy atom. The van der Waals surface area contributed by atoms with Gasteiger partial charge in [-0.3, -0.25) is 14.4 Å². The van der Waals surface area contributed by atoms with Crippen LogP contribution in [0.2, 0.25) is 5.02 Å². The molecule has 1 saturated carbocycles. The Kier molecular flexibility index (Phi) is 8.16. The number of fused-ring (bicyclic) bond motifs is 1. The van der Waals surface area contributed by atoms with E-state index in [-0.39, 0.29) is 29.8 Å². The molecule has 1 spiro atoms. The zero-order valence-corrected chi connectivity index (χ0v) is 26.1. The Morgan fingerprint density at radius 2 is 1.88 bits per heavy atom. The predicted octanol–water partition coefficient (Wildman–Crippen LogP) is 5.70. The van der Waals surface area contributed by atoms with Crippen molar-refractivity contribution in [2.75, 3.05) is 5.32 Å². The molecule has 3 amide bonds. The molecular formula is C35H42ClN3O4. The highest BCUT2D eigenvalue weighted by Crippen LogP contribution is 2.56. The number of nitrogens with zero attached hydrogens (tertiary/aromatic N) is 1. The van der Waals surface area contributed by atoms with Crippen molar-refractivity contribution in [1.29, 1.82) is 0 Å². The van der Waals surface area contributed by atoms with Crippen molar-refractivity contribution in [2.24, 2.45) is 23.7 Å². The number of rotatable bonds is 8. The van der Waals surface area contributed by atoms with Crippen LogP contribution in [0.5, 0.6) is 0 Å². The van der Waals surface area contributed by atoms with Crippen molar-refractivity contribution >= 4 is 35.0 Å². The zero-order valence-electron chi connectivity index (χ0n) is 25.4. The van der Waals surface area contributed by atoms with E-state index in [0.717, 1.165) is 31.2 Å². The first-order chi connectivity index (χ1) is 20.6. The molecule has 1 aliphatic carbocycles. The van der Waals surface area contributed by atoms with Crippen LogP contribution >= 0.6 is 11.6 Å². The van der Waals surface area contributed by atoms with Gasteiger partial charge in [0.15, 0.2) is 0 Å². The maximum absolute atomic E-state index is 14.4. The molecule has 2 aromatic rings. The minimum atomic E-state index is -1.19. The first-order valence-electron chi connectivity index (χ1n) is 15.7. The number of aryl methyl sites for hydroxylation is 2. The maximum atomic E-state index is 14.4. The Labute approximate surface area is 259 Å². The number of ether oxygens (including phenoxy) is 1. The molecule has 2 saturated heterocycles. The van der Waals surface area contributed by atoms with Crippen molar-refractivity contribution in [2.45, 2.75) is 89.6 Å². The topological polar surface area (TPSA) is 87.7 Å². The quantitative estimate of drug-likeness (QED) is 0.379. The fourth-order valence-corrected chi connectivity index (χ4v) is 7.96. The van der Waals surface area contributed by atoms with Gasteiger partial charge < -0.3 is 20.3 Å². The Bertz CT molecular complexity index is 1430. The lowest BCUT2D eigenvalue weighted by molar-refractivity contribution is -0.144. The fourth-order valence-electron chi connectivity index (χ4n) is 7.78. The lowest BCUT2D eigenvalue weighted by atomic mass is 9.73. The summed E-state index contributed by atoms with van der Waals surface area (Å²) in [7, 11) is 0. The number of carbonyl (C=O) groups excluding carboxylic acids is 3. The average Bonchev–Trinajstić information content (AvgIpc) is 3.64. The first-order valence-corrected chi connectivity index (χ1v) is 16.1. The SMILES string of the molecule is Cc1ccc(NC(=O)[C@@H]2[C@@H]3C=C[C@]4(O3)[C@@H]2C(=O)N([C@H](C)CCc2ccccc2)[C@H]4C(=O)N[C@@H]2CCC[C@H](C)[C@H]2C)cc1Cl. The summed E-state index contributed by atoms with van der Waals surface area (Å²) in [5.41, 5.74) is 1.46. The summed E-state index contributed by atoms with van der Waals surface area (Å²) in [6.45, 7) is 8.34. The van der Waals surface area contributed by atoms with Gasteiger partial charge in [0.05, 0.1) is 17.9 Å². The van der Waals surface area contributed by atoms with Crippen LogP contribution in [-0.2, 0) is 25.5 Å². The van der Waals surface area contributed by atoms with Gasteiger partial charge in [0.25, 0.3) is 0 Å². The first kappa shape index (κ1) is 29.9. The van der Waals surface area contributed by atoms with Crippen molar-refractivity contribution < 1.29 is 19.1 Å². The van der Waals surface area contributed by atoms with Gasteiger partial charge in [0.2, 0.25) is 17.7 Å². The second kappa shape index (κ2) is 11.7. The Hall–Kier alpha value is -3.16. The largest absolute Gasteiger partial charge is 0.359 e. The fraction of sp³-hybridized carbons (Fsp3) is 0.514. The second-order valence-corrected chi connectivity index (χ2v) is 13.6. The van der Waals surface area contributed by atoms with Crippen LogP contribution in [-0.4, -0.2) is 52.5 Å². The number of anilines is 1. The van der Waals surface area contributed by atoms with Gasteiger partial charge in [-0.2, -0.15) is 0 Å². The van der Waals surface area contributed by atoms with E-state index in [1.807, 2.05) is 50.3 Å². The van der Waals surface area contributed by atoms with Gasteiger partial charge in [-0.15, -0.1) is 0 Å². The van der Waals surface area contributed by atoms with E-state index < -0.39 is 29.6 Å². The van der Waals surface area contributed by atoms with E-state index in [2.05, 4.69) is 36.6 Å². The number of hydrogen-bond acceptors (Lipinski definition) is 4. The molecule has 6 rings (SSSR count). The summed E-state index contributed by atoms with van der Waals surface area (Å²) in [6, 6.07) is 14.5. The lowest BCUT2D eigenvalue weighted by Gasteiger charge is -2.39. The molecule has 0 radical (unpaired) electrons. The van der Waals surface area contributed by atoms with E-state index in [1.165, 1.54) is 5.56 Å². The number of nitrogens with one attached hydrogen (secondary N) is 2. The highest BCUT2D eigenvalue weighted by Gasteiger charge is 2.73. The van der Waals surface area contributed by atoms with Gasteiger partial charge in [-0.25, -0.2) is 0 Å². The monoisotopic (exact) mass is 603 g/mol. The third-order valence-electron chi connectivity index (χ3n) is 10.5. The van der Waals surface area contributed by atoms with Crippen LogP contribution < -0.4 is 10.6 Å². The molecule has 4 aliphatic rings. The standard InChI is InChI=1S/C35H42ClN3O4/c1-20-9-8-12-27(23(20)4)38-33(41)31-35-18-17-28(43-35)29(32(40)37-25-16-13-21(2)26(36)19-25)30(35)34(42)39(31)22(3)14-15-24-10-6-5-7-11-24/h5-7,10-11,13,16-20,22-23,27-31H,8-9,12,14-15H2,1-4H3,(H,37,40)(H,38,41)/t20-,22+,23+,27+,28-,29+,30-,31-,35-/m0/s1. The molecule has 228 valence electrons. The van der Waals surface area contributed by atoms with E-state index in [4.69, 9.17) is 16.3 Å². The molecule has 2 bridgehead atoms. The smallest absolute Gasteiger partial charge is 0.246 e. The summed E-state index contributed by atoms with van der Waals surface area (Å²) < 4.78 is 6.56. The van der Waals surface area contributed by atoms with Gasteiger partial charge in [0.1, 0.15) is 11.6 Å². The Balaban J connectivity index is 1.30. The maximum Gasteiger partial charge on any atom is 0.246 e. The third-order valence-corrected chi connectivity index (χ3v) is 10.9. The van der Waals surface area contributed by atoms with Crippen LogP contribution in [0.15, 0.2) is 60.7 Å². The van der Waals surface area contributed by atoms with Gasteiger partial charge in [0, 0.05) is 22.8 Å². The minimum Gasteiger partial charge on any atom is -0.359 e. The number of amides is 3. The second-order valence-electron chi connectivity index (χ2n) is 13.2. The number of halogens is 1. The lowest BCUT2D eigenvalue weighted by Crippen LogP contribution is -2.59. The number of carbonyl (C=O) groups is 3. The molecule has 9 atom stereocenters. The summed E-state index contributed by atoms with van der Waals surface area (Å²) in [5, 5.41) is 6.87. The van der Waals surface area contributed by atoms with Crippen LogP contribution in [0, 0.1) is 30.6 Å². The molecule has 3 fully saturated rings. The number of likely N-dealkylation sites (tertiary alicyclic amines) is 1. The highest BCUT2D eigenvalue weighted by atomic mass is 35.5. The van der Waals surface area contributed by atoms with E-state index in [0.29, 0.717) is 29.0 Å². The van der Waals surface area contributed by atoms with E-state index >= 15 is 0 Å². The molecule has 3 aliphatic heterocycles. The summed E-state index contributed by atoms with van der Waals surface area (Å²) in [5.74, 6) is -1.39. The third kappa shape index (κ3) is 5.29. The normalized spacial score (nSPS) is 33.4. The molecule has 2 N–H and O–H groups in total. The molecule has 43 heavy (non-hydrogen) atoms. The van der Waals surface area contributed by atoms with Crippen molar-refractivity contribution in [3.8, 4) is 0 Å². The van der Waals surface area contributed by atoms with Crippen LogP contribution in [0.25, 0.3) is 0 Å². The molecule has 0 aromatic heterocycles.